The van der Waals surface area contributed by atoms with Gasteiger partial charge in [0.05, 0.1) is 6.10 Å². The van der Waals surface area contributed by atoms with E-state index in [1.807, 2.05) is 0 Å². The van der Waals surface area contributed by atoms with Crippen LogP contribution in [-0.2, 0) is 19.1 Å². The van der Waals surface area contributed by atoms with E-state index in [1.165, 1.54) is 13.8 Å². The van der Waals surface area contributed by atoms with Crippen molar-refractivity contribution in [3.63, 3.8) is 0 Å². The van der Waals surface area contributed by atoms with Crippen LogP contribution in [0.3, 0.4) is 0 Å². The van der Waals surface area contributed by atoms with E-state index in [-0.39, 0.29) is 12.5 Å². The van der Waals surface area contributed by atoms with E-state index in [4.69, 9.17) is 9.47 Å². The fourth-order valence-electron chi connectivity index (χ4n) is 0.754. The van der Waals surface area contributed by atoms with Gasteiger partial charge in [0.15, 0.2) is 0 Å². The summed E-state index contributed by atoms with van der Waals surface area (Å²) in [5, 5.41) is 0. The number of ether oxygens (including phenoxy) is 2. The molecule has 0 saturated heterocycles. The number of hydrogen-bond acceptors (Lipinski definition) is 4. The summed E-state index contributed by atoms with van der Waals surface area (Å²) < 4.78 is 9.88. The molecule has 0 N–H and O–H groups in total. The molecule has 0 radical (unpaired) electrons. The third-order valence-electron chi connectivity index (χ3n) is 1.49. The summed E-state index contributed by atoms with van der Waals surface area (Å²) in [6, 6.07) is 0. The fraction of sp³-hybridized carbons (Fsp3) is 0.800. The molecule has 0 bridgehead atoms. The second kappa shape index (κ2) is 4.98. The molecule has 0 spiro atoms. The Morgan fingerprint density at radius 1 is 1.29 bits per heavy atom. The number of rotatable bonds is 4. The summed E-state index contributed by atoms with van der Waals surface area (Å²) in [7, 11) is 0. The van der Waals surface area contributed by atoms with Gasteiger partial charge < -0.3 is 9.47 Å². The molecule has 0 heterocycles. The molecule has 0 atom stereocenters. The maximum absolute atomic E-state index is 11.4. The molecule has 14 heavy (non-hydrogen) atoms. The van der Waals surface area contributed by atoms with E-state index in [1.54, 1.807) is 20.8 Å². The van der Waals surface area contributed by atoms with Crippen molar-refractivity contribution in [1.82, 2.24) is 0 Å². The molecular weight excluding hydrogens is 184 g/mol. The normalized spacial score (nSPS) is 11.3. The minimum absolute atomic E-state index is 0.206. The summed E-state index contributed by atoms with van der Waals surface area (Å²) in [6.07, 6.45) is 0.0420. The second-order valence-corrected chi connectivity index (χ2v) is 3.79. The molecule has 4 nitrogen and oxygen atoms in total. The Morgan fingerprint density at radius 2 is 1.79 bits per heavy atom. The molecular formula is C10H18O4. The number of carbonyl (C=O) groups is 2. The molecule has 0 aliphatic carbocycles. The van der Waals surface area contributed by atoms with Gasteiger partial charge in [0.25, 0.3) is 0 Å². The first-order valence-electron chi connectivity index (χ1n) is 4.72. The van der Waals surface area contributed by atoms with Gasteiger partial charge >= 0.3 is 11.9 Å². The lowest BCUT2D eigenvalue weighted by Crippen LogP contribution is -2.39. The van der Waals surface area contributed by atoms with Crippen LogP contribution in [0.2, 0.25) is 0 Å². The van der Waals surface area contributed by atoms with Gasteiger partial charge in [-0.2, -0.15) is 0 Å². The van der Waals surface area contributed by atoms with Gasteiger partial charge in [-0.25, -0.2) is 4.79 Å². The summed E-state index contributed by atoms with van der Waals surface area (Å²) in [5.41, 5.74) is -1.20. The molecule has 0 rings (SSSR count). The number of carbonyl (C=O) groups excluding carboxylic acids is 2. The largest absolute Gasteiger partial charge is 0.460 e. The minimum atomic E-state index is -1.20. The predicted octanol–water partition coefficient (Wildman–Crippen LogP) is 1.67. The Kier molecular flexibility index (Phi) is 4.60. The number of esters is 2. The van der Waals surface area contributed by atoms with E-state index in [0.29, 0.717) is 0 Å². The van der Waals surface area contributed by atoms with Crippen LogP contribution in [0, 0.1) is 0 Å². The Morgan fingerprint density at radius 3 is 2.14 bits per heavy atom. The zero-order valence-corrected chi connectivity index (χ0v) is 9.42. The third-order valence-corrected chi connectivity index (χ3v) is 1.49. The smallest absolute Gasteiger partial charge is 0.350 e. The van der Waals surface area contributed by atoms with Crippen LogP contribution >= 0.6 is 0 Å². The van der Waals surface area contributed by atoms with Crippen molar-refractivity contribution in [1.29, 1.82) is 0 Å². The predicted molar refractivity (Wildman–Crippen MR) is 51.7 cm³/mol. The van der Waals surface area contributed by atoms with E-state index in [2.05, 4.69) is 0 Å². The van der Waals surface area contributed by atoms with E-state index in [9.17, 15) is 9.59 Å². The molecule has 0 aromatic rings. The average Bonchev–Trinajstić information content (AvgIpc) is 2.02. The van der Waals surface area contributed by atoms with Gasteiger partial charge in [-0.3, -0.25) is 4.79 Å². The quantitative estimate of drug-likeness (QED) is 0.651. The molecule has 0 aliphatic heterocycles. The first kappa shape index (κ1) is 12.9. The maximum Gasteiger partial charge on any atom is 0.350 e. The fourth-order valence-corrected chi connectivity index (χ4v) is 0.754. The summed E-state index contributed by atoms with van der Waals surface area (Å²) in [5.74, 6) is -0.926. The van der Waals surface area contributed by atoms with Crippen LogP contribution in [0.1, 0.15) is 41.0 Å². The standard InChI is InChI=1S/C10H18O4/c1-6-8(11)14-10(4,5)9(12)13-7(2)3/h7H,6H2,1-5H3. The molecule has 82 valence electrons. The van der Waals surface area contributed by atoms with Crippen molar-refractivity contribution < 1.29 is 19.1 Å². The average molecular weight is 202 g/mol. The van der Waals surface area contributed by atoms with Gasteiger partial charge in [0.2, 0.25) is 5.60 Å². The summed E-state index contributed by atoms with van der Waals surface area (Å²) in [4.78, 5) is 22.4. The zero-order chi connectivity index (χ0) is 11.4. The summed E-state index contributed by atoms with van der Waals surface area (Å²) in [6.45, 7) is 8.20. The van der Waals surface area contributed by atoms with Crippen molar-refractivity contribution in [2.24, 2.45) is 0 Å². The Labute approximate surface area is 84.6 Å². The molecule has 4 heteroatoms. The lowest BCUT2D eigenvalue weighted by Gasteiger charge is -2.23. The maximum atomic E-state index is 11.4. The van der Waals surface area contributed by atoms with Gasteiger partial charge in [-0.1, -0.05) is 6.92 Å². The van der Waals surface area contributed by atoms with Crippen molar-refractivity contribution in [2.45, 2.75) is 52.7 Å². The van der Waals surface area contributed by atoms with Crippen LogP contribution in [0.5, 0.6) is 0 Å². The van der Waals surface area contributed by atoms with Crippen molar-refractivity contribution >= 4 is 11.9 Å². The molecule has 0 aromatic carbocycles. The van der Waals surface area contributed by atoms with Crippen molar-refractivity contribution in [3.8, 4) is 0 Å². The Balaban J connectivity index is 4.30. The zero-order valence-electron chi connectivity index (χ0n) is 9.42. The minimum Gasteiger partial charge on any atom is -0.460 e. The molecule has 0 fully saturated rings. The highest BCUT2D eigenvalue weighted by molar-refractivity contribution is 5.82. The van der Waals surface area contributed by atoms with Crippen LogP contribution in [0.4, 0.5) is 0 Å². The monoisotopic (exact) mass is 202 g/mol. The van der Waals surface area contributed by atoms with Gasteiger partial charge in [0.1, 0.15) is 0 Å². The third kappa shape index (κ3) is 4.25. The van der Waals surface area contributed by atoms with E-state index < -0.39 is 17.5 Å². The second-order valence-electron chi connectivity index (χ2n) is 3.79. The first-order chi connectivity index (χ1) is 6.29. The van der Waals surface area contributed by atoms with E-state index in [0.717, 1.165) is 0 Å². The molecule has 0 aromatic heterocycles. The highest BCUT2D eigenvalue weighted by atomic mass is 16.6. The van der Waals surface area contributed by atoms with Crippen LogP contribution < -0.4 is 0 Å². The Bertz CT molecular complexity index is 218. The molecule has 0 amide bonds. The van der Waals surface area contributed by atoms with Crippen molar-refractivity contribution in [3.05, 3.63) is 0 Å². The van der Waals surface area contributed by atoms with Gasteiger partial charge in [-0.15, -0.1) is 0 Å². The first-order valence-corrected chi connectivity index (χ1v) is 4.72. The topological polar surface area (TPSA) is 52.6 Å². The number of hydrogen-bond donors (Lipinski definition) is 0. The molecule has 0 saturated carbocycles. The SMILES string of the molecule is CCC(=O)OC(C)(C)C(=O)OC(C)C. The summed E-state index contributed by atoms with van der Waals surface area (Å²) >= 11 is 0. The Hall–Kier alpha value is -1.06. The van der Waals surface area contributed by atoms with Crippen LogP contribution in [0.15, 0.2) is 0 Å². The lowest BCUT2D eigenvalue weighted by atomic mass is 10.1. The molecule has 0 unspecified atom stereocenters. The van der Waals surface area contributed by atoms with Gasteiger partial charge in [0, 0.05) is 6.42 Å². The lowest BCUT2D eigenvalue weighted by molar-refractivity contribution is -0.181. The highest BCUT2D eigenvalue weighted by Gasteiger charge is 2.33. The van der Waals surface area contributed by atoms with Gasteiger partial charge in [-0.05, 0) is 27.7 Å². The highest BCUT2D eigenvalue weighted by Crippen LogP contribution is 2.13. The van der Waals surface area contributed by atoms with E-state index >= 15 is 0 Å². The van der Waals surface area contributed by atoms with Crippen molar-refractivity contribution in [2.75, 3.05) is 0 Å². The molecule has 0 aliphatic rings. The van der Waals surface area contributed by atoms with Crippen LogP contribution in [0.25, 0.3) is 0 Å². The van der Waals surface area contributed by atoms with Crippen LogP contribution in [-0.4, -0.2) is 23.6 Å².